The number of imide groups is 1. The fourth-order valence-electron chi connectivity index (χ4n) is 9.09. The maximum Gasteiger partial charge on any atom is 0.311 e. The number of rotatable bonds is 6. The number of hydrogen-bond acceptors (Lipinski definition) is 11. The monoisotopic (exact) mass is 678 g/mol. The largest absolute Gasteiger partial charge is 0.504 e. The molecule has 2 amide bonds. The summed E-state index contributed by atoms with van der Waals surface area (Å²) in [5.41, 5.74) is 5.01. The maximum atomic E-state index is 13.9. The summed E-state index contributed by atoms with van der Waals surface area (Å²) in [7, 11) is 3.49. The Morgan fingerprint density at radius 1 is 1.04 bits per heavy atom. The SMILES string of the molecule is CCCC(=O)Oc1c(C)c2c(c3c1C[C@H]1[C@H]4c5c(cc(C)c(OC)c5O)CC([C@H](C#N)N1[C@H]3CN1C(=O)c3ccccc3C1=O)N4C)OCO2. The molecule has 0 radical (unpaired) electrons. The molecule has 5 atom stereocenters. The second kappa shape index (κ2) is 11.7. The van der Waals surface area contributed by atoms with E-state index < -0.39 is 42.0 Å². The quantitative estimate of drug-likeness (QED) is 0.224. The van der Waals surface area contributed by atoms with Crippen LogP contribution in [0, 0.1) is 25.2 Å². The van der Waals surface area contributed by atoms with Crippen molar-refractivity contribution in [3.05, 3.63) is 74.8 Å². The number of hydrogen-bond donors (Lipinski definition) is 1. The molecule has 12 nitrogen and oxygen atoms in total. The summed E-state index contributed by atoms with van der Waals surface area (Å²) < 4.78 is 23.9. The molecule has 50 heavy (non-hydrogen) atoms. The van der Waals surface area contributed by atoms with Gasteiger partial charge >= 0.3 is 5.97 Å². The molecule has 8 rings (SSSR count). The molecular formula is C38H38N4O8. The van der Waals surface area contributed by atoms with Crippen molar-refractivity contribution in [2.75, 3.05) is 27.5 Å². The van der Waals surface area contributed by atoms with Gasteiger partial charge in [0.1, 0.15) is 11.8 Å². The number of esters is 1. The van der Waals surface area contributed by atoms with Crippen molar-refractivity contribution >= 4 is 17.8 Å². The third kappa shape index (κ3) is 4.39. The average Bonchev–Trinajstić information content (AvgIpc) is 3.67. The van der Waals surface area contributed by atoms with Gasteiger partial charge in [-0.25, -0.2) is 0 Å². The molecule has 2 bridgehead atoms. The minimum absolute atomic E-state index is 0.0484. The lowest BCUT2D eigenvalue weighted by Crippen LogP contribution is -2.68. The van der Waals surface area contributed by atoms with Gasteiger partial charge in [-0.2, -0.15) is 5.26 Å². The Bertz CT molecular complexity index is 2000. The predicted octanol–water partition coefficient (Wildman–Crippen LogP) is 4.52. The molecule has 5 heterocycles. The number of benzene rings is 3. The second-order valence-corrected chi connectivity index (χ2v) is 13.7. The number of fused-ring (bicyclic) bond motifs is 10. The van der Waals surface area contributed by atoms with E-state index in [1.165, 1.54) is 12.0 Å². The van der Waals surface area contributed by atoms with Gasteiger partial charge in [-0.15, -0.1) is 0 Å². The lowest BCUT2D eigenvalue weighted by Gasteiger charge is -2.60. The molecule has 1 unspecified atom stereocenters. The summed E-state index contributed by atoms with van der Waals surface area (Å²) in [6.45, 7) is 5.46. The minimum atomic E-state index is -0.745. The Hall–Kier alpha value is -5.12. The zero-order valence-corrected chi connectivity index (χ0v) is 28.6. The van der Waals surface area contributed by atoms with E-state index in [0.29, 0.717) is 75.6 Å². The van der Waals surface area contributed by atoms with E-state index in [0.717, 1.165) is 11.1 Å². The van der Waals surface area contributed by atoms with Crippen LogP contribution in [0.4, 0.5) is 0 Å². The summed E-state index contributed by atoms with van der Waals surface area (Å²) in [5, 5.41) is 22.8. The number of carbonyl (C=O) groups is 3. The van der Waals surface area contributed by atoms with Gasteiger partial charge in [0.2, 0.25) is 6.79 Å². The van der Waals surface area contributed by atoms with E-state index in [9.17, 15) is 24.8 Å². The number of carbonyl (C=O) groups excluding carboxylic acids is 3. The van der Waals surface area contributed by atoms with Crippen LogP contribution in [0.15, 0.2) is 30.3 Å². The highest BCUT2D eigenvalue weighted by Gasteiger charge is 2.57. The molecule has 12 heteroatoms. The smallest absolute Gasteiger partial charge is 0.311 e. The molecule has 1 saturated heterocycles. The van der Waals surface area contributed by atoms with Crippen LogP contribution in [0.3, 0.4) is 0 Å². The van der Waals surface area contributed by atoms with E-state index in [-0.39, 0.29) is 31.5 Å². The van der Waals surface area contributed by atoms with Crippen LogP contribution < -0.4 is 18.9 Å². The van der Waals surface area contributed by atoms with Crippen molar-refractivity contribution < 1.29 is 38.4 Å². The van der Waals surface area contributed by atoms with Crippen LogP contribution >= 0.6 is 0 Å². The third-order valence-electron chi connectivity index (χ3n) is 11.2. The lowest BCUT2D eigenvalue weighted by molar-refractivity contribution is -0.134. The van der Waals surface area contributed by atoms with Crippen molar-refractivity contribution in [3.63, 3.8) is 0 Å². The number of amides is 2. The number of phenolic OH excluding ortho intramolecular Hbond substituents is 1. The van der Waals surface area contributed by atoms with Gasteiger partial charge in [-0.1, -0.05) is 25.1 Å². The number of ether oxygens (including phenoxy) is 4. The lowest BCUT2D eigenvalue weighted by atomic mass is 9.71. The molecule has 0 saturated carbocycles. The zero-order valence-electron chi connectivity index (χ0n) is 28.6. The van der Waals surface area contributed by atoms with Gasteiger partial charge in [0.05, 0.1) is 36.4 Å². The zero-order chi connectivity index (χ0) is 35.2. The van der Waals surface area contributed by atoms with E-state index in [1.807, 2.05) is 33.9 Å². The van der Waals surface area contributed by atoms with Crippen molar-refractivity contribution in [3.8, 4) is 34.8 Å². The topological polar surface area (TPSA) is 142 Å². The van der Waals surface area contributed by atoms with Crippen LogP contribution in [0.1, 0.15) is 85.9 Å². The molecule has 1 fully saturated rings. The molecule has 258 valence electrons. The van der Waals surface area contributed by atoms with Crippen molar-refractivity contribution in [2.45, 2.75) is 76.7 Å². The number of nitrogens with zero attached hydrogens (tertiary/aromatic N) is 4. The minimum Gasteiger partial charge on any atom is -0.504 e. The Labute approximate surface area is 289 Å². The Morgan fingerprint density at radius 3 is 2.40 bits per heavy atom. The van der Waals surface area contributed by atoms with Crippen molar-refractivity contribution in [1.29, 1.82) is 5.26 Å². The van der Waals surface area contributed by atoms with Crippen LogP contribution in [0.5, 0.6) is 28.7 Å². The van der Waals surface area contributed by atoms with Crippen molar-refractivity contribution in [1.82, 2.24) is 14.7 Å². The van der Waals surface area contributed by atoms with E-state index in [2.05, 4.69) is 15.9 Å². The predicted molar refractivity (Wildman–Crippen MR) is 179 cm³/mol. The molecule has 5 aliphatic rings. The first-order valence-electron chi connectivity index (χ1n) is 17.0. The average molecular weight is 679 g/mol. The third-order valence-corrected chi connectivity index (χ3v) is 11.2. The maximum absolute atomic E-state index is 13.9. The summed E-state index contributed by atoms with van der Waals surface area (Å²) >= 11 is 0. The number of aromatic hydroxyl groups is 1. The summed E-state index contributed by atoms with van der Waals surface area (Å²) in [6, 6.07) is 8.75. The number of nitriles is 1. The molecule has 0 spiro atoms. The first kappa shape index (κ1) is 32.1. The van der Waals surface area contributed by atoms with Gasteiger partial charge in [0, 0.05) is 47.3 Å². The Kier molecular flexibility index (Phi) is 7.54. The van der Waals surface area contributed by atoms with E-state index in [1.54, 1.807) is 24.3 Å². The van der Waals surface area contributed by atoms with E-state index >= 15 is 0 Å². The Balaban J connectivity index is 1.37. The van der Waals surface area contributed by atoms with Crippen LogP contribution in [0.2, 0.25) is 0 Å². The fraction of sp³-hybridized carbons (Fsp3) is 0.421. The molecule has 3 aromatic rings. The van der Waals surface area contributed by atoms with Crippen LogP contribution in [0.25, 0.3) is 0 Å². The molecular weight excluding hydrogens is 640 g/mol. The standard InChI is InChI=1S/C38H38N4O8/c1-6-9-28(43)50-34-19(3)35-36(49-17-48-35)30-23(34)14-25-31-29-20(12-18(2)33(47-5)32(29)44)13-24(40(31)4)26(15-39)42(25)27(30)16-41-37(45)21-10-7-8-11-22(21)38(41)46/h7-8,10-12,24-27,31,44H,6,9,13-14,16-17H2,1-5H3/t24?,25-,26-,27-,31-/m0/s1. The number of aryl methyl sites for hydroxylation is 1. The normalized spacial score (nSPS) is 24.6. The summed E-state index contributed by atoms with van der Waals surface area (Å²) in [6.07, 6.45) is 1.61. The number of piperazine rings is 1. The second-order valence-electron chi connectivity index (χ2n) is 13.7. The summed E-state index contributed by atoms with van der Waals surface area (Å²) in [5.74, 6) is 0.437. The van der Waals surface area contributed by atoms with Gasteiger partial charge in [0.15, 0.2) is 23.0 Å². The number of methoxy groups -OCH3 is 1. The van der Waals surface area contributed by atoms with Gasteiger partial charge in [0.25, 0.3) is 11.8 Å². The van der Waals surface area contributed by atoms with Gasteiger partial charge in [-0.3, -0.25) is 29.1 Å². The van der Waals surface area contributed by atoms with Gasteiger partial charge in [-0.05, 0) is 63.4 Å². The first-order chi connectivity index (χ1) is 24.1. The highest BCUT2D eigenvalue weighted by molar-refractivity contribution is 6.21. The van der Waals surface area contributed by atoms with Gasteiger partial charge < -0.3 is 24.1 Å². The molecule has 0 aliphatic carbocycles. The first-order valence-corrected chi connectivity index (χ1v) is 17.0. The molecule has 0 aromatic heterocycles. The highest BCUT2D eigenvalue weighted by Crippen LogP contribution is 2.58. The highest BCUT2D eigenvalue weighted by atomic mass is 16.7. The fourth-order valence-corrected chi connectivity index (χ4v) is 9.09. The van der Waals surface area contributed by atoms with Crippen molar-refractivity contribution in [2.24, 2.45) is 0 Å². The number of phenols is 1. The number of likely N-dealkylation sites (N-methyl/N-ethyl adjacent to an activating group) is 1. The van der Waals surface area contributed by atoms with Crippen LogP contribution in [-0.2, 0) is 17.6 Å². The molecule has 3 aromatic carbocycles. The van der Waals surface area contributed by atoms with Crippen LogP contribution in [-0.4, -0.2) is 83.2 Å². The molecule has 1 N–H and O–H groups in total. The molecule has 5 aliphatic heterocycles. The van der Waals surface area contributed by atoms with E-state index in [4.69, 9.17) is 18.9 Å². The summed E-state index contributed by atoms with van der Waals surface area (Å²) in [4.78, 5) is 46.4. The Morgan fingerprint density at radius 2 is 1.74 bits per heavy atom.